The van der Waals surface area contributed by atoms with Crippen molar-refractivity contribution in [2.45, 2.75) is 18.8 Å². The van der Waals surface area contributed by atoms with Gasteiger partial charge in [-0.05, 0) is 43.5 Å². The van der Waals surface area contributed by atoms with E-state index in [4.69, 9.17) is 0 Å². The van der Waals surface area contributed by atoms with Crippen LogP contribution in [-0.4, -0.2) is 45.6 Å². The predicted octanol–water partition coefficient (Wildman–Crippen LogP) is 2.84. The molecule has 0 saturated carbocycles. The number of carbonyl (C=O) groups excluding carboxylic acids is 1. The van der Waals surface area contributed by atoms with E-state index in [0.29, 0.717) is 17.6 Å². The molecule has 1 aromatic carbocycles. The second kappa shape index (κ2) is 6.70. The quantitative estimate of drug-likeness (QED) is 0.765. The number of carbonyl (C=O) groups is 1. The molecule has 0 unspecified atom stereocenters. The largest absolute Gasteiger partial charge is 0.358 e. The second-order valence-corrected chi connectivity index (χ2v) is 6.99. The van der Waals surface area contributed by atoms with Crippen LogP contribution in [0.15, 0.2) is 35.8 Å². The zero-order valence-corrected chi connectivity index (χ0v) is 14.1. The van der Waals surface area contributed by atoms with Crippen molar-refractivity contribution in [3.63, 3.8) is 0 Å². The van der Waals surface area contributed by atoms with E-state index in [-0.39, 0.29) is 5.91 Å². The van der Waals surface area contributed by atoms with Crippen LogP contribution < -0.4 is 5.32 Å². The van der Waals surface area contributed by atoms with Gasteiger partial charge in [0, 0.05) is 17.1 Å². The van der Waals surface area contributed by atoms with Crippen LogP contribution in [0.2, 0.25) is 0 Å². The van der Waals surface area contributed by atoms with Gasteiger partial charge in [-0.3, -0.25) is 15.0 Å². The Morgan fingerprint density at radius 3 is 2.92 bits per heavy atom. The number of aromatic nitrogens is 3. The summed E-state index contributed by atoms with van der Waals surface area (Å²) in [6, 6.07) is 10.6. The Bertz CT molecular complexity index is 788. The number of hydrogen-bond acceptors (Lipinski definition) is 5. The van der Waals surface area contributed by atoms with Crippen LogP contribution in [0, 0.1) is 0 Å². The molecule has 24 heavy (non-hydrogen) atoms. The van der Waals surface area contributed by atoms with Gasteiger partial charge in [-0.1, -0.05) is 29.5 Å². The average Bonchev–Trinajstić information content (AvgIpc) is 3.24. The van der Waals surface area contributed by atoms with Crippen molar-refractivity contribution >= 4 is 33.3 Å². The van der Waals surface area contributed by atoms with Crippen LogP contribution in [0.5, 0.6) is 0 Å². The number of fused-ring (bicyclic) bond motifs is 1. The van der Waals surface area contributed by atoms with Gasteiger partial charge in [0.25, 0.3) is 0 Å². The van der Waals surface area contributed by atoms with Crippen molar-refractivity contribution < 1.29 is 4.79 Å². The monoisotopic (exact) mass is 341 g/mol. The number of rotatable bonds is 4. The zero-order chi connectivity index (χ0) is 16.4. The molecule has 6 nitrogen and oxygen atoms in total. The summed E-state index contributed by atoms with van der Waals surface area (Å²) in [7, 11) is 0. The summed E-state index contributed by atoms with van der Waals surface area (Å²) < 4.78 is 0. The number of aromatic amines is 1. The van der Waals surface area contributed by atoms with Gasteiger partial charge in [-0.2, -0.15) is 0 Å². The number of likely N-dealkylation sites (tertiary alicyclic amines) is 1. The standard InChI is InChI=1S/C17H19N5OS/c23-16(20-17-21-18-11-24-17)10-22-7-5-12(6-8-22)15-9-13-3-1-2-4-14(13)19-15/h1-4,9,11-12,19H,5-8,10H2,(H,20,21,23). The number of piperidine rings is 1. The smallest absolute Gasteiger partial charge is 0.240 e. The normalized spacial score (nSPS) is 16.5. The lowest BCUT2D eigenvalue weighted by Crippen LogP contribution is -2.38. The molecule has 2 N–H and O–H groups in total. The molecule has 4 rings (SSSR count). The molecule has 1 fully saturated rings. The van der Waals surface area contributed by atoms with E-state index in [1.54, 1.807) is 5.51 Å². The van der Waals surface area contributed by atoms with Crippen molar-refractivity contribution in [2.75, 3.05) is 25.0 Å². The first-order valence-corrected chi connectivity index (χ1v) is 9.02. The van der Waals surface area contributed by atoms with Crippen molar-refractivity contribution in [2.24, 2.45) is 0 Å². The van der Waals surface area contributed by atoms with Gasteiger partial charge in [-0.25, -0.2) is 0 Å². The highest BCUT2D eigenvalue weighted by atomic mass is 32.1. The second-order valence-electron chi connectivity index (χ2n) is 6.15. The maximum atomic E-state index is 12.0. The van der Waals surface area contributed by atoms with Crippen molar-refractivity contribution in [1.29, 1.82) is 0 Å². The fraction of sp³-hybridized carbons (Fsp3) is 0.353. The number of nitrogens with one attached hydrogen (secondary N) is 2. The summed E-state index contributed by atoms with van der Waals surface area (Å²) in [6.07, 6.45) is 2.14. The molecule has 3 aromatic rings. The molecule has 1 saturated heterocycles. The number of benzene rings is 1. The van der Waals surface area contributed by atoms with E-state index in [1.807, 2.05) is 0 Å². The molecule has 0 bridgehead atoms. The Kier molecular flexibility index (Phi) is 4.27. The van der Waals surface area contributed by atoms with Gasteiger partial charge in [0.2, 0.25) is 11.0 Å². The summed E-state index contributed by atoms with van der Waals surface area (Å²) in [5, 5.41) is 12.2. The third kappa shape index (κ3) is 3.32. The fourth-order valence-corrected chi connectivity index (χ4v) is 3.77. The average molecular weight is 341 g/mol. The van der Waals surface area contributed by atoms with E-state index in [9.17, 15) is 4.79 Å². The van der Waals surface area contributed by atoms with Gasteiger partial charge < -0.3 is 4.98 Å². The molecule has 124 valence electrons. The third-order valence-corrected chi connectivity index (χ3v) is 5.16. The lowest BCUT2D eigenvalue weighted by atomic mass is 9.93. The van der Waals surface area contributed by atoms with E-state index >= 15 is 0 Å². The van der Waals surface area contributed by atoms with Crippen LogP contribution >= 0.6 is 11.3 Å². The van der Waals surface area contributed by atoms with Gasteiger partial charge in [0.15, 0.2) is 0 Å². The van der Waals surface area contributed by atoms with Crippen LogP contribution in [0.4, 0.5) is 5.13 Å². The van der Waals surface area contributed by atoms with Crippen molar-refractivity contribution in [3.05, 3.63) is 41.5 Å². The molecule has 1 aliphatic heterocycles. The Hall–Kier alpha value is -2.25. The number of para-hydroxylation sites is 1. The van der Waals surface area contributed by atoms with Crippen molar-refractivity contribution in [1.82, 2.24) is 20.1 Å². The Labute approximate surface area is 143 Å². The summed E-state index contributed by atoms with van der Waals surface area (Å²) >= 11 is 1.34. The van der Waals surface area contributed by atoms with E-state index in [2.05, 4.69) is 55.7 Å². The Balaban J connectivity index is 1.32. The van der Waals surface area contributed by atoms with Crippen LogP contribution in [0.25, 0.3) is 10.9 Å². The Morgan fingerprint density at radius 1 is 1.33 bits per heavy atom. The topological polar surface area (TPSA) is 73.9 Å². The maximum absolute atomic E-state index is 12.0. The molecule has 1 aliphatic rings. The van der Waals surface area contributed by atoms with Crippen LogP contribution in [0.1, 0.15) is 24.5 Å². The van der Waals surface area contributed by atoms with Gasteiger partial charge in [0.05, 0.1) is 6.54 Å². The first-order valence-electron chi connectivity index (χ1n) is 8.14. The Morgan fingerprint density at radius 2 is 2.17 bits per heavy atom. The van der Waals surface area contributed by atoms with E-state index in [1.165, 1.54) is 27.9 Å². The third-order valence-electron chi connectivity index (χ3n) is 4.55. The zero-order valence-electron chi connectivity index (χ0n) is 13.2. The highest BCUT2D eigenvalue weighted by molar-refractivity contribution is 7.13. The minimum atomic E-state index is -0.0178. The minimum Gasteiger partial charge on any atom is -0.358 e. The predicted molar refractivity (Wildman–Crippen MR) is 95.3 cm³/mol. The number of H-pyrrole nitrogens is 1. The van der Waals surface area contributed by atoms with E-state index < -0.39 is 0 Å². The molecular weight excluding hydrogens is 322 g/mol. The number of anilines is 1. The molecule has 0 spiro atoms. The maximum Gasteiger partial charge on any atom is 0.240 e. The van der Waals surface area contributed by atoms with Gasteiger partial charge in [0.1, 0.15) is 5.51 Å². The molecule has 0 atom stereocenters. The minimum absolute atomic E-state index is 0.0178. The highest BCUT2D eigenvalue weighted by Crippen LogP contribution is 2.29. The summed E-state index contributed by atoms with van der Waals surface area (Å²) in [4.78, 5) is 17.8. The number of hydrogen-bond donors (Lipinski definition) is 2. The SMILES string of the molecule is O=C(CN1CCC(c2cc3ccccc3[nH]2)CC1)Nc1nncs1. The number of nitrogens with zero attached hydrogens (tertiary/aromatic N) is 3. The highest BCUT2D eigenvalue weighted by Gasteiger charge is 2.23. The molecule has 3 heterocycles. The van der Waals surface area contributed by atoms with Crippen LogP contribution in [0.3, 0.4) is 0 Å². The van der Waals surface area contributed by atoms with Gasteiger partial charge >= 0.3 is 0 Å². The first-order chi connectivity index (χ1) is 11.8. The van der Waals surface area contributed by atoms with Crippen molar-refractivity contribution in [3.8, 4) is 0 Å². The first kappa shape index (κ1) is 15.3. The number of amides is 1. The lowest BCUT2D eigenvalue weighted by Gasteiger charge is -2.30. The summed E-state index contributed by atoms with van der Waals surface area (Å²) in [6.45, 7) is 2.28. The molecular formula is C17H19N5OS. The summed E-state index contributed by atoms with van der Waals surface area (Å²) in [5.41, 5.74) is 4.13. The molecule has 1 amide bonds. The molecule has 0 radical (unpaired) electrons. The molecule has 7 heteroatoms. The molecule has 2 aromatic heterocycles. The summed E-state index contributed by atoms with van der Waals surface area (Å²) in [5.74, 6) is 0.524. The van der Waals surface area contributed by atoms with Gasteiger partial charge in [-0.15, -0.1) is 10.2 Å². The lowest BCUT2D eigenvalue weighted by molar-refractivity contribution is -0.117. The molecule has 0 aliphatic carbocycles. The van der Waals surface area contributed by atoms with Crippen LogP contribution in [-0.2, 0) is 4.79 Å². The van der Waals surface area contributed by atoms with E-state index in [0.717, 1.165) is 25.9 Å². The fourth-order valence-electron chi connectivity index (χ4n) is 3.31.